The molecule has 0 atom stereocenters. The Balaban J connectivity index is 1.54. The third-order valence-corrected chi connectivity index (χ3v) is 5.28. The first-order valence-corrected chi connectivity index (χ1v) is 10.1. The van der Waals surface area contributed by atoms with E-state index in [2.05, 4.69) is 85.9 Å². The maximum Gasteiger partial charge on any atom is 0.220 e. The molecule has 144 valence electrons. The number of hydrogen-bond donors (Lipinski definition) is 1. The topological polar surface area (TPSA) is 29.1 Å². The third kappa shape index (κ3) is 5.56. The quantitative estimate of drug-likeness (QED) is 0.551. The molecule has 0 aliphatic rings. The SMILES string of the molecule is Cc1ccc(CCC(=O)NCCC(c2ccccc2)c2ccccc2)c(C)c1. The van der Waals surface area contributed by atoms with Gasteiger partial charge in [0.1, 0.15) is 0 Å². The Morgan fingerprint density at radius 3 is 2.04 bits per heavy atom. The highest BCUT2D eigenvalue weighted by molar-refractivity contribution is 5.76. The summed E-state index contributed by atoms with van der Waals surface area (Å²) >= 11 is 0. The monoisotopic (exact) mass is 371 g/mol. The summed E-state index contributed by atoms with van der Waals surface area (Å²) in [6, 6.07) is 27.5. The first kappa shape index (κ1) is 19.9. The van der Waals surface area contributed by atoms with Crippen molar-refractivity contribution in [3.8, 4) is 0 Å². The van der Waals surface area contributed by atoms with Crippen LogP contribution in [0.15, 0.2) is 78.9 Å². The number of benzene rings is 3. The summed E-state index contributed by atoms with van der Waals surface area (Å²) in [6.45, 7) is 4.89. The standard InChI is InChI=1S/C26H29NO/c1-20-13-14-22(21(2)19-20)15-16-26(28)27-18-17-25(23-9-5-3-6-10-23)24-11-7-4-8-12-24/h3-14,19,25H,15-18H2,1-2H3,(H,27,28). The average Bonchev–Trinajstić information content (AvgIpc) is 2.72. The molecule has 3 aromatic rings. The molecule has 0 saturated heterocycles. The van der Waals surface area contributed by atoms with E-state index in [1.54, 1.807) is 0 Å². The van der Waals surface area contributed by atoms with Crippen LogP contribution in [-0.2, 0) is 11.2 Å². The van der Waals surface area contributed by atoms with Crippen molar-refractivity contribution < 1.29 is 4.79 Å². The van der Waals surface area contributed by atoms with Gasteiger partial charge in [0.15, 0.2) is 0 Å². The zero-order chi connectivity index (χ0) is 19.8. The number of nitrogens with one attached hydrogen (secondary N) is 1. The summed E-state index contributed by atoms with van der Waals surface area (Å²) in [7, 11) is 0. The Morgan fingerprint density at radius 2 is 1.46 bits per heavy atom. The number of aryl methyl sites for hydroxylation is 3. The van der Waals surface area contributed by atoms with Crippen LogP contribution < -0.4 is 5.32 Å². The molecule has 0 radical (unpaired) electrons. The Morgan fingerprint density at radius 1 is 0.857 bits per heavy atom. The molecule has 1 amide bonds. The fraction of sp³-hybridized carbons (Fsp3) is 0.269. The molecule has 0 spiro atoms. The molecule has 1 N–H and O–H groups in total. The highest BCUT2D eigenvalue weighted by Gasteiger charge is 2.14. The normalized spacial score (nSPS) is 10.8. The van der Waals surface area contributed by atoms with Crippen molar-refractivity contribution in [1.82, 2.24) is 5.32 Å². The summed E-state index contributed by atoms with van der Waals surface area (Å²) in [4.78, 5) is 12.3. The average molecular weight is 372 g/mol. The number of amides is 1. The molecule has 3 aromatic carbocycles. The summed E-state index contributed by atoms with van der Waals surface area (Å²) < 4.78 is 0. The second kappa shape index (κ2) is 9.89. The lowest BCUT2D eigenvalue weighted by atomic mass is 9.88. The van der Waals surface area contributed by atoms with Gasteiger partial charge >= 0.3 is 0 Å². The molecule has 0 aromatic heterocycles. The van der Waals surface area contributed by atoms with Gasteiger partial charge in [-0.1, -0.05) is 84.4 Å². The summed E-state index contributed by atoms with van der Waals surface area (Å²) in [6.07, 6.45) is 2.22. The van der Waals surface area contributed by atoms with E-state index in [-0.39, 0.29) is 5.91 Å². The second-order valence-corrected chi connectivity index (χ2v) is 7.44. The van der Waals surface area contributed by atoms with Gasteiger partial charge in [0.05, 0.1) is 0 Å². The minimum atomic E-state index is 0.125. The van der Waals surface area contributed by atoms with E-state index in [0.717, 1.165) is 12.8 Å². The van der Waals surface area contributed by atoms with Crippen LogP contribution in [0.25, 0.3) is 0 Å². The van der Waals surface area contributed by atoms with Gasteiger partial charge in [-0.25, -0.2) is 0 Å². The molecule has 2 heteroatoms. The second-order valence-electron chi connectivity index (χ2n) is 7.44. The highest BCUT2D eigenvalue weighted by atomic mass is 16.1. The van der Waals surface area contributed by atoms with Crippen LogP contribution in [0, 0.1) is 13.8 Å². The first-order chi connectivity index (χ1) is 13.6. The van der Waals surface area contributed by atoms with Gasteiger partial charge < -0.3 is 5.32 Å². The van der Waals surface area contributed by atoms with Gasteiger partial charge in [0.25, 0.3) is 0 Å². The Labute approximate surface area is 168 Å². The molecular formula is C26H29NO. The molecule has 28 heavy (non-hydrogen) atoms. The van der Waals surface area contributed by atoms with Crippen LogP contribution in [0.2, 0.25) is 0 Å². The lowest BCUT2D eigenvalue weighted by Crippen LogP contribution is -2.26. The maximum atomic E-state index is 12.3. The van der Waals surface area contributed by atoms with E-state index in [1.165, 1.54) is 27.8 Å². The Hall–Kier alpha value is -2.87. The minimum Gasteiger partial charge on any atom is -0.356 e. The minimum absolute atomic E-state index is 0.125. The van der Waals surface area contributed by atoms with E-state index < -0.39 is 0 Å². The molecule has 0 heterocycles. The fourth-order valence-corrected chi connectivity index (χ4v) is 3.72. The van der Waals surface area contributed by atoms with Crippen LogP contribution in [0.1, 0.15) is 46.6 Å². The molecule has 0 aliphatic carbocycles. The van der Waals surface area contributed by atoms with Crippen molar-refractivity contribution in [2.45, 2.75) is 39.0 Å². The number of carbonyl (C=O) groups excluding carboxylic acids is 1. The van der Waals surface area contributed by atoms with Gasteiger partial charge in [-0.2, -0.15) is 0 Å². The maximum absolute atomic E-state index is 12.3. The number of hydrogen-bond acceptors (Lipinski definition) is 1. The van der Waals surface area contributed by atoms with Crippen molar-refractivity contribution in [3.05, 3.63) is 107 Å². The lowest BCUT2D eigenvalue weighted by Gasteiger charge is -2.18. The van der Waals surface area contributed by atoms with Gasteiger partial charge in [-0.3, -0.25) is 4.79 Å². The van der Waals surface area contributed by atoms with Gasteiger partial charge in [0, 0.05) is 18.9 Å². The molecule has 3 rings (SSSR count). The number of rotatable bonds is 8. The predicted molar refractivity (Wildman–Crippen MR) is 117 cm³/mol. The molecule has 0 saturated carbocycles. The highest BCUT2D eigenvalue weighted by Crippen LogP contribution is 2.27. The van der Waals surface area contributed by atoms with Gasteiger partial charge in [0.2, 0.25) is 5.91 Å². The third-order valence-electron chi connectivity index (χ3n) is 5.28. The lowest BCUT2D eigenvalue weighted by molar-refractivity contribution is -0.121. The van der Waals surface area contributed by atoms with Crippen LogP contribution in [0.5, 0.6) is 0 Å². The molecule has 0 bridgehead atoms. The molecule has 0 fully saturated rings. The zero-order valence-corrected chi connectivity index (χ0v) is 16.8. The van der Waals surface area contributed by atoms with Crippen molar-refractivity contribution >= 4 is 5.91 Å². The smallest absolute Gasteiger partial charge is 0.220 e. The fourth-order valence-electron chi connectivity index (χ4n) is 3.72. The molecule has 0 aliphatic heterocycles. The van der Waals surface area contributed by atoms with Crippen molar-refractivity contribution in [2.24, 2.45) is 0 Å². The van der Waals surface area contributed by atoms with E-state index in [0.29, 0.717) is 18.9 Å². The van der Waals surface area contributed by atoms with Crippen LogP contribution in [0.3, 0.4) is 0 Å². The Kier molecular flexibility index (Phi) is 7.02. The molecular weight excluding hydrogens is 342 g/mol. The number of carbonyl (C=O) groups is 1. The van der Waals surface area contributed by atoms with Crippen molar-refractivity contribution in [3.63, 3.8) is 0 Å². The van der Waals surface area contributed by atoms with E-state index in [4.69, 9.17) is 0 Å². The largest absolute Gasteiger partial charge is 0.356 e. The van der Waals surface area contributed by atoms with Gasteiger partial charge in [-0.15, -0.1) is 0 Å². The predicted octanol–water partition coefficient (Wildman–Crippen LogP) is 5.57. The van der Waals surface area contributed by atoms with E-state index in [9.17, 15) is 4.79 Å². The van der Waals surface area contributed by atoms with Gasteiger partial charge in [-0.05, 0) is 48.9 Å². The van der Waals surface area contributed by atoms with E-state index >= 15 is 0 Å². The molecule has 2 nitrogen and oxygen atoms in total. The first-order valence-electron chi connectivity index (χ1n) is 10.1. The molecule has 0 unspecified atom stereocenters. The van der Waals surface area contributed by atoms with Crippen LogP contribution >= 0.6 is 0 Å². The van der Waals surface area contributed by atoms with Crippen molar-refractivity contribution in [1.29, 1.82) is 0 Å². The summed E-state index contributed by atoms with van der Waals surface area (Å²) in [5.41, 5.74) is 6.36. The van der Waals surface area contributed by atoms with E-state index in [1.807, 2.05) is 12.1 Å². The Bertz CT molecular complexity index is 847. The summed E-state index contributed by atoms with van der Waals surface area (Å²) in [5.74, 6) is 0.418. The van der Waals surface area contributed by atoms with Crippen LogP contribution in [-0.4, -0.2) is 12.5 Å². The summed E-state index contributed by atoms with van der Waals surface area (Å²) in [5, 5.41) is 3.11. The zero-order valence-electron chi connectivity index (χ0n) is 16.8. The van der Waals surface area contributed by atoms with Crippen molar-refractivity contribution in [2.75, 3.05) is 6.54 Å². The van der Waals surface area contributed by atoms with Crippen LogP contribution in [0.4, 0.5) is 0 Å².